The SMILES string of the molecule is Cc1cc2occ(CC(=O)Nc3ccnn3C3CCCC3)c2cc1C(C)C. The van der Waals surface area contributed by atoms with E-state index < -0.39 is 0 Å². The van der Waals surface area contributed by atoms with E-state index in [0.717, 1.165) is 35.2 Å². The van der Waals surface area contributed by atoms with Crippen molar-refractivity contribution in [1.82, 2.24) is 9.78 Å². The molecule has 1 N–H and O–H groups in total. The summed E-state index contributed by atoms with van der Waals surface area (Å²) in [6, 6.07) is 6.52. The number of furan rings is 1. The maximum Gasteiger partial charge on any atom is 0.230 e. The van der Waals surface area contributed by atoms with Crippen LogP contribution in [0.1, 0.15) is 68.2 Å². The fraction of sp³-hybridized carbons (Fsp3) is 0.455. The van der Waals surface area contributed by atoms with Gasteiger partial charge in [0.05, 0.1) is 24.9 Å². The number of hydrogen-bond donors (Lipinski definition) is 1. The van der Waals surface area contributed by atoms with Gasteiger partial charge in [0, 0.05) is 17.0 Å². The van der Waals surface area contributed by atoms with Crippen molar-refractivity contribution in [3.8, 4) is 0 Å². The Hall–Kier alpha value is -2.56. The highest BCUT2D eigenvalue weighted by molar-refractivity contribution is 5.95. The molecule has 1 aliphatic rings. The molecule has 1 fully saturated rings. The molecule has 5 nitrogen and oxygen atoms in total. The molecule has 0 radical (unpaired) electrons. The number of carbonyl (C=O) groups is 1. The number of benzene rings is 1. The summed E-state index contributed by atoms with van der Waals surface area (Å²) in [6.07, 6.45) is 8.50. The van der Waals surface area contributed by atoms with Gasteiger partial charge in [-0.2, -0.15) is 5.10 Å². The van der Waals surface area contributed by atoms with Crippen LogP contribution in [0.2, 0.25) is 0 Å². The molecule has 1 aliphatic carbocycles. The Kier molecular flexibility index (Phi) is 4.77. The molecule has 0 unspecified atom stereocenters. The predicted octanol–water partition coefficient (Wildman–Crippen LogP) is 5.36. The number of anilines is 1. The van der Waals surface area contributed by atoms with Gasteiger partial charge in [-0.1, -0.05) is 26.7 Å². The first kappa shape index (κ1) is 17.8. The van der Waals surface area contributed by atoms with Crippen LogP contribution in [-0.4, -0.2) is 15.7 Å². The smallest absolute Gasteiger partial charge is 0.230 e. The van der Waals surface area contributed by atoms with Crippen LogP contribution >= 0.6 is 0 Å². The summed E-state index contributed by atoms with van der Waals surface area (Å²) in [6.45, 7) is 6.48. The zero-order chi connectivity index (χ0) is 19.0. The van der Waals surface area contributed by atoms with Gasteiger partial charge in [0.25, 0.3) is 0 Å². The number of hydrogen-bond acceptors (Lipinski definition) is 3. The lowest BCUT2D eigenvalue weighted by Gasteiger charge is -2.14. The number of fused-ring (bicyclic) bond motifs is 1. The lowest BCUT2D eigenvalue weighted by atomic mass is 9.95. The first-order valence-electron chi connectivity index (χ1n) is 9.87. The molecule has 2 heterocycles. The van der Waals surface area contributed by atoms with Crippen LogP contribution in [0, 0.1) is 6.92 Å². The van der Waals surface area contributed by atoms with E-state index in [0.29, 0.717) is 18.4 Å². The number of nitrogens with zero attached hydrogens (tertiary/aromatic N) is 2. The Bertz CT molecular complexity index is 961. The molecule has 0 aliphatic heterocycles. The Morgan fingerprint density at radius 3 is 2.85 bits per heavy atom. The van der Waals surface area contributed by atoms with Gasteiger partial charge in [-0.15, -0.1) is 0 Å². The zero-order valence-electron chi connectivity index (χ0n) is 16.3. The minimum Gasteiger partial charge on any atom is -0.464 e. The molecule has 0 spiro atoms. The maximum atomic E-state index is 12.7. The summed E-state index contributed by atoms with van der Waals surface area (Å²) in [5.41, 5.74) is 4.29. The fourth-order valence-corrected chi connectivity index (χ4v) is 4.22. The lowest BCUT2D eigenvalue weighted by molar-refractivity contribution is -0.115. The third-order valence-electron chi connectivity index (χ3n) is 5.62. The highest BCUT2D eigenvalue weighted by atomic mass is 16.3. The minimum absolute atomic E-state index is 0.0379. The second-order valence-electron chi connectivity index (χ2n) is 7.94. The fourth-order valence-electron chi connectivity index (χ4n) is 4.22. The van der Waals surface area contributed by atoms with Crippen LogP contribution in [0.3, 0.4) is 0 Å². The third-order valence-corrected chi connectivity index (χ3v) is 5.62. The van der Waals surface area contributed by atoms with Crippen LogP contribution in [0.15, 0.2) is 35.1 Å². The van der Waals surface area contributed by atoms with Crippen molar-refractivity contribution in [3.63, 3.8) is 0 Å². The number of aromatic nitrogens is 2. The van der Waals surface area contributed by atoms with Crippen molar-refractivity contribution in [3.05, 3.63) is 47.3 Å². The largest absolute Gasteiger partial charge is 0.464 e. The number of aryl methyl sites for hydroxylation is 1. The van der Waals surface area contributed by atoms with E-state index in [1.807, 2.05) is 10.7 Å². The molecular weight excluding hydrogens is 338 g/mol. The summed E-state index contributed by atoms with van der Waals surface area (Å²) in [5.74, 6) is 1.19. The van der Waals surface area contributed by atoms with Gasteiger partial charge < -0.3 is 9.73 Å². The quantitative estimate of drug-likeness (QED) is 0.662. The Labute approximate surface area is 159 Å². The van der Waals surface area contributed by atoms with Crippen molar-refractivity contribution in [2.24, 2.45) is 0 Å². The van der Waals surface area contributed by atoms with Crippen LogP contribution in [0.5, 0.6) is 0 Å². The average molecular weight is 365 g/mol. The number of carbonyl (C=O) groups excluding carboxylic acids is 1. The summed E-state index contributed by atoms with van der Waals surface area (Å²) < 4.78 is 7.68. The van der Waals surface area contributed by atoms with Gasteiger partial charge in [-0.05, 0) is 48.9 Å². The van der Waals surface area contributed by atoms with Crippen molar-refractivity contribution < 1.29 is 9.21 Å². The molecule has 3 aromatic rings. The molecule has 142 valence electrons. The van der Waals surface area contributed by atoms with E-state index in [2.05, 4.69) is 43.3 Å². The summed E-state index contributed by atoms with van der Waals surface area (Å²) in [7, 11) is 0. The van der Waals surface area contributed by atoms with Crippen LogP contribution in [-0.2, 0) is 11.2 Å². The van der Waals surface area contributed by atoms with Gasteiger partial charge in [-0.25, -0.2) is 4.68 Å². The summed E-state index contributed by atoms with van der Waals surface area (Å²) in [4.78, 5) is 12.7. The maximum absolute atomic E-state index is 12.7. The van der Waals surface area contributed by atoms with Gasteiger partial charge in [0.2, 0.25) is 5.91 Å². The predicted molar refractivity (Wildman–Crippen MR) is 107 cm³/mol. The van der Waals surface area contributed by atoms with Gasteiger partial charge in [0.15, 0.2) is 0 Å². The van der Waals surface area contributed by atoms with E-state index in [1.54, 1.807) is 12.5 Å². The van der Waals surface area contributed by atoms with Gasteiger partial charge in [0.1, 0.15) is 11.4 Å². The first-order chi connectivity index (χ1) is 13.0. The van der Waals surface area contributed by atoms with Crippen LogP contribution in [0.4, 0.5) is 5.82 Å². The topological polar surface area (TPSA) is 60.1 Å². The van der Waals surface area contributed by atoms with Crippen LogP contribution in [0.25, 0.3) is 11.0 Å². The molecule has 2 aromatic heterocycles. The lowest BCUT2D eigenvalue weighted by Crippen LogP contribution is -2.19. The second kappa shape index (κ2) is 7.22. The van der Waals surface area contributed by atoms with Gasteiger partial charge >= 0.3 is 0 Å². The highest BCUT2D eigenvalue weighted by Gasteiger charge is 2.21. The van der Waals surface area contributed by atoms with E-state index in [9.17, 15) is 4.79 Å². The molecule has 0 saturated heterocycles. The molecule has 1 amide bonds. The second-order valence-corrected chi connectivity index (χ2v) is 7.94. The first-order valence-corrected chi connectivity index (χ1v) is 9.87. The van der Waals surface area contributed by atoms with Crippen molar-refractivity contribution >= 4 is 22.7 Å². The normalized spacial score (nSPS) is 15.1. The average Bonchev–Trinajstić information content (AvgIpc) is 3.35. The van der Waals surface area contributed by atoms with E-state index >= 15 is 0 Å². The number of nitrogens with one attached hydrogen (secondary N) is 1. The number of amides is 1. The minimum atomic E-state index is -0.0379. The summed E-state index contributed by atoms with van der Waals surface area (Å²) in [5, 5.41) is 8.49. The highest BCUT2D eigenvalue weighted by Crippen LogP contribution is 2.32. The third kappa shape index (κ3) is 3.51. The Morgan fingerprint density at radius 1 is 1.33 bits per heavy atom. The standard InChI is InChI=1S/C22H27N3O2/c1-14(2)18-12-19-16(13-27-20(19)10-15(18)3)11-22(26)24-21-8-9-23-25(21)17-6-4-5-7-17/h8-10,12-14,17H,4-7,11H2,1-3H3,(H,24,26). The Balaban J connectivity index is 1.53. The zero-order valence-corrected chi connectivity index (χ0v) is 16.3. The molecule has 0 atom stereocenters. The Morgan fingerprint density at radius 2 is 2.11 bits per heavy atom. The molecule has 0 bridgehead atoms. The van der Waals surface area contributed by atoms with Crippen molar-refractivity contribution in [1.29, 1.82) is 0 Å². The molecule has 27 heavy (non-hydrogen) atoms. The molecule has 5 heteroatoms. The molecular formula is C22H27N3O2. The molecule has 4 rings (SSSR count). The van der Waals surface area contributed by atoms with Crippen molar-refractivity contribution in [2.75, 3.05) is 5.32 Å². The van der Waals surface area contributed by atoms with E-state index in [1.165, 1.54) is 24.0 Å². The molecule has 1 aromatic carbocycles. The van der Waals surface area contributed by atoms with Gasteiger partial charge in [-0.3, -0.25) is 4.79 Å². The van der Waals surface area contributed by atoms with Crippen LogP contribution < -0.4 is 5.32 Å². The van der Waals surface area contributed by atoms with E-state index in [-0.39, 0.29) is 5.91 Å². The van der Waals surface area contributed by atoms with E-state index in [4.69, 9.17) is 4.42 Å². The summed E-state index contributed by atoms with van der Waals surface area (Å²) >= 11 is 0. The monoisotopic (exact) mass is 365 g/mol. The molecule has 1 saturated carbocycles. The number of rotatable bonds is 5. The van der Waals surface area contributed by atoms with Crippen molar-refractivity contribution in [2.45, 2.75) is 64.8 Å².